The first-order valence-electron chi connectivity index (χ1n) is 5.73. The van der Waals surface area contributed by atoms with Gasteiger partial charge in [0.2, 0.25) is 0 Å². The van der Waals surface area contributed by atoms with Crippen LogP contribution in [0, 0.1) is 28.6 Å². The molecule has 0 amide bonds. The second-order valence-corrected chi connectivity index (χ2v) is 5.97. The van der Waals surface area contributed by atoms with E-state index in [2.05, 4.69) is 20.8 Å². The van der Waals surface area contributed by atoms with E-state index < -0.39 is 0 Å². The van der Waals surface area contributed by atoms with Crippen LogP contribution in [-0.2, 0) is 0 Å². The molecule has 0 bridgehead atoms. The van der Waals surface area contributed by atoms with Crippen LogP contribution >= 0.6 is 0 Å². The highest BCUT2D eigenvalue weighted by Gasteiger charge is 2.83. The first-order chi connectivity index (χ1) is 6.05. The number of aliphatic hydroxyl groups excluding tert-OH is 1. The number of aliphatic hydroxyl groups is 1. The van der Waals surface area contributed by atoms with Crippen molar-refractivity contribution in [1.29, 1.82) is 0 Å². The molecule has 3 aliphatic rings. The van der Waals surface area contributed by atoms with Crippen LogP contribution in [-0.4, -0.2) is 11.2 Å². The second-order valence-electron chi connectivity index (χ2n) is 5.97. The fourth-order valence-electron chi connectivity index (χ4n) is 5.57. The maximum absolute atomic E-state index is 9.99. The predicted molar refractivity (Wildman–Crippen MR) is 52.2 cm³/mol. The maximum Gasteiger partial charge on any atom is 0.0582 e. The summed E-state index contributed by atoms with van der Waals surface area (Å²) in [7, 11) is 0. The molecule has 0 unspecified atom stereocenters. The summed E-state index contributed by atoms with van der Waals surface area (Å²) in [5.41, 5.74) is 1.07. The van der Waals surface area contributed by atoms with Crippen LogP contribution in [0.1, 0.15) is 40.0 Å². The van der Waals surface area contributed by atoms with E-state index in [-0.39, 0.29) is 6.10 Å². The van der Waals surface area contributed by atoms with E-state index in [0.29, 0.717) is 16.7 Å². The minimum Gasteiger partial charge on any atom is -0.393 e. The van der Waals surface area contributed by atoms with Gasteiger partial charge in [-0.3, -0.25) is 0 Å². The Morgan fingerprint density at radius 3 is 2.46 bits per heavy atom. The van der Waals surface area contributed by atoms with Crippen molar-refractivity contribution in [2.45, 2.75) is 46.1 Å². The topological polar surface area (TPSA) is 20.2 Å². The summed E-state index contributed by atoms with van der Waals surface area (Å²) in [6.07, 6.45) is 3.83. The monoisotopic (exact) mass is 180 g/mol. The highest BCUT2D eigenvalue weighted by molar-refractivity contribution is 5.31. The van der Waals surface area contributed by atoms with E-state index in [1.807, 2.05) is 0 Å². The lowest BCUT2D eigenvalue weighted by molar-refractivity contribution is 0.123. The number of fused-ring (bicyclic) bond motifs is 1. The lowest BCUT2D eigenvalue weighted by Crippen LogP contribution is -2.20. The Morgan fingerprint density at radius 1 is 1.23 bits per heavy atom. The number of hydrogen-bond acceptors (Lipinski definition) is 1. The predicted octanol–water partition coefficient (Wildman–Crippen LogP) is 2.44. The Kier molecular flexibility index (Phi) is 1.26. The lowest BCUT2D eigenvalue weighted by Gasteiger charge is -2.25. The molecule has 1 heteroatoms. The summed E-state index contributed by atoms with van der Waals surface area (Å²) in [6.45, 7) is 7.18. The van der Waals surface area contributed by atoms with Crippen molar-refractivity contribution in [3.8, 4) is 0 Å². The molecule has 13 heavy (non-hydrogen) atoms. The molecule has 0 aromatic rings. The quantitative estimate of drug-likeness (QED) is 0.607. The van der Waals surface area contributed by atoms with Crippen molar-refractivity contribution in [1.82, 2.24) is 0 Å². The SMILES string of the molecule is C[C@@H]1CC[C@]2(C)[C@H]3[C@@H](O)C[C@@H](C)[C@]132. The molecule has 0 heterocycles. The molecule has 6 atom stereocenters. The van der Waals surface area contributed by atoms with Crippen LogP contribution in [0.3, 0.4) is 0 Å². The van der Waals surface area contributed by atoms with Gasteiger partial charge in [0.15, 0.2) is 0 Å². The van der Waals surface area contributed by atoms with E-state index in [4.69, 9.17) is 0 Å². The van der Waals surface area contributed by atoms with Crippen LogP contribution in [0.25, 0.3) is 0 Å². The fourth-order valence-corrected chi connectivity index (χ4v) is 5.57. The molecule has 0 aromatic heterocycles. The largest absolute Gasteiger partial charge is 0.393 e. The molecule has 0 radical (unpaired) electrons. The highest BCUT2D eigenvalue weighted by atomic mass is 16.3. The Balaban J connectivity index is 2.06. The zero-order valence-corrected chi connectivity index (χ0v) is 8.88. The van der Waals surface area contributed by atoms with Gasteiger partial charge in [-0.15, -0.1) is 0 Å². The molecule has 1 spiro atoms. The maximum atomic E-state index is 9.99. The Labute approximate surface area is 80.5 Å². The second kappa shape index (κ2) is 1.98. The summed E-state index contributed by atoms with van der Waals surface area (Å²) >= 11 is 0. The van der Waals surface area contributed by atoms with Gasteiger partial charge in [0.05, 0.1) is 6.10 Å². The van der Waals surface area contributed by atoms with Gasteiger partial charge in [0, 0.05) is 0 Å². The average Bonchev–Trinajstić information content (AvgIpc) is 2.35. The Morgan fingerprint density at radius 2 is 1.92 bits per heavy atom. The van der Waals surface area contributed by atoms with Crippen LogP contribution in [0.4, 0.5) is 0 Å². The molecule has 0 aromatic carbocycles. The molecule has 1 N–H and O–H groups in total. The lowest BCUT2D eigenvalue weighted by atomic mass is 9.79. The van der Waals surface area contributed by atoms with Gasteiger partial charge in [0.25, 0.3) is 0 Å². The summed E-state index contributed by atoms with van der Waals surface area (Å²) in [6, 6.07) is 0. The third-order valence-corrected chi connectivity index (χ3v) is 5.81. The van der Waals surface area contributed by atoms with Gasteiger partial charge in [-0.05, 0) is 47.8 Å². The standard InChI is InChI=1S/C12H20O/c1-7-4-5-11(3)10-9(13)6-8(2)12(7,10)11/h7-10,13H,4-6H2,1-3H3/t7-,8-,9+,10-,11-,12-/m1/s1. The molecule has 3 fully saturated rings. The number of hydrogen-bond donors (Lipinski definition) is 1. The van der Waals surface area contributed by atoms with E-state index in [0.717, 1.165) is 18.3 Å². The Hall–Kier alpha value is -0.0400. The van der Waals surface area contributed by atoms with Gasteiger partial charge in [-0.25, -0.2) is 0 Å². The number of rotatable bonds is 0. The van der Waals surface area contributed by atoms with Gasteiger partial charge in [-0.1, -0.05) is 20.8 Å². The third kappa shape index (κ3) is 0.587. The van der Waals surface area contributed by atoms with Crippen molar-refractivity contribution in [2.24, 2.45) is 28.6 Å². The van der Waals surface area contributed by atoms with Gasteiger partial charge < -0.3 is 5.11 Å². The summed E-state index contributed by atoms with van der Waals surface area (Å²) in [5.74, 6) is 2.27. The van der Waals surface area contributed by atoms with E-state index >= 15 is 0 Å². The molecule has 0 saturated heterocycles. The van der Waals surface area contributed by atoms with E-state index in [1.165, 1.54) is 12.8 Å². The van der Waals surface area contributed by atoms with E-state index in [9.17, 15) is 5.11 Å². The van der Waals surface area contributed by atoms with Crippen molar-refractivity contribution in [3.63, 3.8) is 0 Å². The zero-order chi connectivity index (χ0) is 9.43. The third-order valence-electron chi connectivity index (χ3n) is 5.81. The molecule has 1 nitrogen and oxygen atoms in total. The Bertz CT molecular complexity index is 262. The minimum absolute atomic E-state index is 0.0164. The van der Waals surface area contributed by atoms with Gasteiger partial charge in [0.1, 0.15) is 0 Å². The van der Waals surface area contributed by atoms with Crippen molar-refractivity contribution in [2.75, 3.05) is 0 Å². The average molecular weight is 180 g/mol. The minimum atomic E-state index is 0.0164. The van der Waals surface area contributed by atoms with Gasteiger partial charge >= 0.3 is 0 Å². The van der Waals surface area contributed by atoms with Crippen LogP contribution in [0.15, 0.2) is 0 Å². The first-order valence-corrected chi connectivity index (χ1v) is 5.73. The van der Waals surface area contributed by atoms with Crippen molar-refractivity contribution >= 4 is 0 Å². The molecule has 74 valence electrons. The zero-order valence-electron chi connectivity index (χ0n) is 8.88. The molecular weight excluding hydrogens is 160 g/mol. The van der Waals surface area contributed by atoms with Crippen LogP contribution in [0.5, 0.6) is 0 Å². The molecule has 3 aliphatic carbocycles. The molecule has 3 saturated carbocycles. The summed E-state index contributed by atoms with van der Waals surface area (Å²) in [4.78, 5) is 0. The van der Waals surface area contributed by atoms with Crippen LogP contribution in [0.2, 0.25) is 0 Å². The van der Waals surface area contributed by atoms with Crippen LogP contribution < -0.4 is 0 Å². The first kappa shape index (κ1) is 8.28. The molecular formula is C12H20O. The van der Waals surface area contributed by atoms with Crippen molar-refractivity contribution < 1.29 is 5.11 Å². The summed E-state index contributed by atoms with van der Waals surface area (Å²) < 4.78 is 0. The van der Waals surface area contributed by atoms with Crippen molar-refractivity contribution in [3.05, 3.63) is 0 Å². The summed E-state index contributed by atoms with van der Waals surface area (Å²) in [5, 5.41) is 9.99. The normalized spacial score (nSPS) is 69.2. The highest BCUT2D eigenvalue weighted by Crippen LogP contribution is 2.86. The fraction of sp³-hybridized carbons (Fsp3) is 1.00. The molecule has 0 aliphatic heterocycles. The van der Waals surface area contributed by atoms with E-state index in [1.54, 1.807) is 0 Å². The molecule has 3 rings (SSSR count). The smallest absolute Gasteiger partial charge is 0.0582 e. The van der Waals surface area contributed by atoms with Gasteiger partial charge in [-0.2, -0.15) is 0 Å².